The lowest BCUT2D eigenvalue weighted by Gasteiger charge is -2.22. The molecule has 1 aliphatic rings. The second kappa shape index (κ2) is 10.8. The van der Waals surface area contributed by atoms with Crippen molar-refractivity contribution in [3.8, 4) is 0 Å². The molecule has 8 heteroatoms. The van der Waals surface area contributed by atoms with Gasteiger partial charge in [-0.3, -0.25) is 4.99 Å². The molecule has 1 heterocycles. The zero-order chi connectivity index (χ0) is 20.6. The van der Waals surface area contributed by atoms with Crippen molar-refractivity contribution >= 4 is 16.0 Å². The fraction of sp³-hybridized carbons (Fsp3) is 0.650. The molecule has 0 saturated carbocycles. The number of hydrogen-bond acceptors (Lipinski definition) is 4. The van der Waals surface area contributed by atoms with E-state index in [2.05, 4.69) is 33.8 Å². The van der Waals surface area contributed by atoms with Gasteiger partial charge in [-0.1, -0.05) is 26.0 Å². The Morgan fingerprint density at radius 3 is 2.86 bits per heavy atom. The first-order valence-corrected chi connectivity index (χ1v) is 11.4. The Morgan fingerprint density at radius 2 is 2.18 bits per heavy atom. The van der Waals surface area contributed by atoms with E-state index in [1.54, 1.807) is 32.4 Å². The van der Waals surface area contributed by atoms with Gasteiger partial charge in [-0.05, 0) is 42.4 Å². The molecule has 1 aromatic rings. The largest absolute Gasteiger partial charge is 0.383 e. The van der Waals surface area contributed by atoms with Crippen LogP contribution < -0.4 is 10.0 Å². The van der Waals surface area contributed by atoms with Crippen molar-refractivity contribution in [1.29, 1.82) is 0 Å². The van der Waals surface area contributed by atoms with E-state index < -0.39 is 10.0 Å². The van der Waals surface area contributed by atoms with Crippen LogP contribution in [0.4, 0.5) is 0 Å². The SMILES string of the molecule is CN=C(NCc1cccc(S(=O)(=O)NCCOC)c1)N1CCC(CC(C)C)C1. The molecule has 2 rings (SSSR count). The minimum Gasteiger partial charge on any atom is -0.383 e. The molecule has 1 saturated heterocycles. The van der Waals surface area contributed by atoms with Gasteiger partial charge in [0, 0.05) is 40.3 Å². The van der Waals surface area contributed by atoms with Crippen molar-refractivity contribution < 1.29 is 13.2 Å². The second-order valence-corrected chi connectivity index (χ2v) is 9.44. The molecule has 1 aliphatic heterocycles. The monoisotopic (exact) mass is 410 g/mol. The Hall–Kier alpha value is -1.64. The number of nitrogens with one attached hydrogen (secondary N) is 2. The quantitative estimate of drug-likeness (QED) is 0.370. The van der Waals surface area contributed by atoms with E-state index >= 15 is 0 Å². The highest BCUT2D eigenvalue weighted by Gasteiger charge is 2.25. The molecule has 28 heavy (non-hydrogen) atoms. The van der Waals surface area contributed by atoms with Gasteiger partial charge in [0.2, 0.25) is 10.0 Å². The lowest BCUT2D eigenvalue weighted by Crippen LogP contribution is -2.39. The summed E-state index contributed by atoms with van der Waals surface area (Å²) >= 11 is 0. The Bertz CT molecular complexity index is 750. The molecule has 1 unspecified atom stereocenters. The average Bonchev–Trinajstić information content (AvgIpc) is 3.10. The van der Waals surface area contributed by atoms with Gasteiger partial charge >= 0.3 is 0 Å². The number of guanidine groups is 1. The van der Waals surface area contributed by atoms with Gasteiger partial charge in [-0.2, -0.15) is 0 Å². The van der Waals surface area contributed by atoms with E-state index in [1.165, 1.54) is 12.8 Å². The number of hydrogen-bond donors (Lipinski definition) is 2. The van der Waals surface area contributed by atoms with E-state index in [-0.39, 0.29) is 11.4 Å². The normalized spacial score (nSPS) is 18.1. The predicted octanol–water partition coefficient (Wildman–Crippen LogP) is 2.05. The number of ether oxygens (including phenoxy) is 1. The van der Waals surface area contributed by atoms with E-state index in [0.717, 1.165) is 24.6 Å². The first-order chi connectivity index (χ1) is 13.4. The lowest BCUT2D eigenvalue weighted by atomic mass is 9.97. The van der Waals surface area contributed by atoms with Crippen molar-refractivity contribution in [3.05, 3.63) is 29.8 Å². The molecule has 0 spiro atoms. The topological polar surface area (TPSA) is 83.0 Å². The summed E-state index contributed by atoms with van der Waals surface area (Å²) in [6, 6.07) is 6.98. The maximum atomic E-state index is 12.4. The van der Waals surface area contributed by atoms with Crippen molar-refractivity contribution in [1.82, 2.24) is 14.9 Å². The van der Waals surface area contributed by atoms with Gasteiger partial charge < -0.3 is 15.0 Å². The van der Waals surface area contributed by atoms with Crippen LogP contribution in [0, 0.1) is 11.8 Å². The molecule has 0 radical (unpaired) electrons. The van der Waals surface area contributed by atoms with Crippen LogP contribution in [0.1, 0.15) is 32.3 Å². The highest BCUT2D eigenvalue weighted by molar-refractivity contribution is 7.89. The van der Waals surface area contributed by atoms with Gasteiger partial charge in [0.05, 0.1) is 11.5 Å². The van der Waals surface area contributed by atoms with Crippen LogP contribution in [0.15, 0.2) is 34.2 Å². The van der Waals surface area contributed by atoms with Gasteiger partial charge in [-0.25, -0.2) is 13.1 Å². The van der Waals surface area contributed by atoms with E-state index in [9.17, 15) is 8.42 Å². The summed E-state index contributed by atoms with van der Waals surface area (Å²) in [5.74, 6) is 2.30. The van der Waals surface area contributed by atoms with Crippen LogP contribution in [0.3, 0.4) is 0 Å². The predicted molar refractivity (Wildman–Crippen MR) is 113 cm³/mol. The highest BCUT2D eigenvalue weighted by atomic mass is 32.2. The van der Waals surface area contributed by atoms with E-state index in [1.807, 2.05) is 6.07 Å². The van der Waals surface area contributed by atoms with Crippen LogP contribution >= 0.6 is 0 Å². The molecule has 158 valence electrons. The number of methoxy groups -OCH3 is 1. The van der Waals surface area contributed by atoms with Crippen LogP contribution in [0.5, 0.6) is 0 Å². The van der Waals surface area contributed by atoms with Gasteiger partial charge in [0.15, 0.2) is 5.96 Å². The molecular formula is C20H34N4O3S. The summed E-state index contributed by atoms with van der Waals surface area (Å²) in [6.07, 6.45) is 2.43. The fourth-order valence-electron chi connectivity index (χ4n) is 3.58. The highest BCUT2D eigenvalue weighted by Crippen LogP contribution is 2.23. The fourth-order valence-corrected chi connectivity index (χ4v) is 4.66. The molecule has 7 nitrogen and oxygen atoms in total. The lowest BCUT2D eigenvalue weighted by molar-refractivity contribution is 0.204. The Balaban J connectivity index is 1.95. The number of aliphatic imine (C=N–C) groups is 1. The first-order valence-electron chi connectivity index (χ1n) is 9.89. The molecule has 1 aromatic carbocycles. The molecular weight excluding hydrogens is 376 g/mol. The van der Waals surface area contributed by atoms with Gasteiger partial charge in [-0.15, -0.1) is 0 Å². The molecule has 0 amide bonds. The van der Waals surface area contributed by atoms with Crippen molar-refractivity contribution in [2.75, 3.05) is 40.4 Å². The summed E-state index contributed by atoms with van der Waals surface area (Å²) in [5, 5.41) is 3.37. The zero-order valence-electron chi connectivity index (χ0n) is 17.4. The Morgan fingerprint density at radius 1 is 1.39 bits per heavy atom. The van der Waals surface area contributed by atoms with E-state index in [4.69, 9.17) is 4.74 Å². The van der Waals surface area contributed by atoms with Crippen LogP contribution in [0.2, 0.25) is 0 Å². The first kappa shape index (κ1) is 22.6. The Labute approximate surface area is 169 Å². The minimum atomic E-state index is -3.53. The minimum absolute atomic E-state index is 0.250. The third-order valence-electron chi connectivity index (χ3n) is 4.86. The molecule has 2 N–H and O–H groups in total. The number of sulfonamides is 1. The smallest absolute Gasteiger partial charge is 0.240 e. The van der Waals surface area contributed by atoms with Crippen molar-refractivity contribution in [3.63, 3.8) is 0 Å². The number of nitrogens with zero attached hydrogens (tertiary/aromatic N) is 2. The van der Waals surface area contributed by atoms with Crippen molar-refractivity contribution in [2.45, 2.75) is 38.1 Å². The summed E-state index contributed by atoms with van der Waals surface area (Å²) in [4.78, 5) is 6.96. The number of likely N-dealkylation sites (tertiary alicyclic amines) is 1. The van der Waals surface area contributed by atoms with Crippen LogP contribution in [0.25, 0.3) is 0 Å². The maximum absolute atomic E-state index is 12.4. The van der Waals surface area contributed by atoms with Crippen molar-refractivity contribution in [2.24, 2.45) is 16.8 Å². The second-order valence-electron chi connectivity index (χ2n) is 7.67. The van der Waals surface area contributed by atoms with Crippen LogP contribution in [-0.2, 0) is 21.3 Å². The third kappa shape index (κ3) is 6.76. The van der Waals surface area contributed by atoms with E-state index in [0.29, 0.717) is 25.0 Å². The zero-order valence-corrected chi connectivity index (χ0v) is 18.3. The number of benzene rings is 1. The standard InChI is InChI=1S/C20H34N4O3S/c1-16(2)12-18-8-10-24(15-18)20(21-3)22-14-17-6-5-7-19(13-17)28(25,26)23-9-11-27-4/h5-7,13,16,18,23H,8-12,14-15H2,1-4H3,(H,21,22). The summed E-state index contributed by atoms with van der Waals surface area (Å²) in [7, 11) is -0.201. The third-order valence-corrected chi connectivity index (χ3v) is 6.32. The molecule has 1 fully saturated rings. The maximum Gasteiger partial charge on any atom is 0.240 e. The summed E-state index contributed by atoms with van der Waals surface area (Å²) in [5.41, 5.74) is 0.897. The summed E-state index contributed by atoms with van der Waals surface area (Å²) < 4.78 is 32.2. The molecule has 1 atom stereocenters. The molecule has 0 bridgehead atoms. The van der Waals surface area contributed by atoms with Crippen LogP contribution in [-0.4, -0.2) is 59.7 Å². The average molecular weight is 411 g/mol. The Kier molecular flexibility index (Phi) is 8.72. The summed E-state index contributed by atoms with van der Waals surface area (Å²) in [6.45, 7) is 7.68. The van der Waals surface area contributed by atoms with Gasteiger partial charge in [0.1, 0.15) is 0 Å². The van der Waals surface area contributed by atoms with Gasteiger partial charge in [0.25, 0.3) is 0 Å². The number of rotatable bonds is 9. The molecule has 0 aliphatic carbocycles. The molecule has 0 aromatic heterocycles.